The predicted octanol–water partition coefficient (Wildman–Crippen LogP) is 3.04. The Balaban J connectivity index is 0.00000120. The van der Waals surface area contributed by atoms with E-state index in [-0.39, 0.29) is 8.41 Å². The summed E-state index contributed by atoms with van der Waals surface area (Å²) in [5, 5.41) is 0. The van der Waals surface area contributed by atoms with E-state index in [4.69, 9.17) is 0 Å². The fraction of sp³-hybridized carbons (Fsp3) is 0.250. The molecule has 0 aliphatic carbocycles. The summed E-state index contributed by atoms with van der Waals surface area (Å²) in [7, 11) is 2.22. The van der Waals surface area contributed by atoms with Gasteiger partial charge in [-0.3, -0.25) is 4.90 Å². The van der Waals surface area contributed by atoms with Crippen molar-refractivity contribution in [2.75, 3.05) is 7.05 Å². The average Bonchev–Trinajstić information content (AvgIpc) is 2.68. The van der Waals surface area contributed by atoms with Gasteiger partial charge in [0.1, 0.15) is 0 Å². The van der Waals surface area contributed by atoms with E-state index in [1.807, 2.05) is 0 Å². The molecular weight excluding hydrogens is 217 g/mol. The van der Waals surface area contributed by atoms with Crippen molar-refractivity contribution in [3.05, 3.63) is 71.3 Å². The molecule has 1 aliphatic heterocycles. The van der Waals surface area contributed by atoms with Gasteiger partial charge in [-0.2, -0.15) is 0 Å². The number of hydrogen-bond donors (Lipinski definition) is 0. The molecule has 2 heteroatoms. The summed E-state index contributed by atoms with van der Waals surface area (Å²) in [6.45, 7) is 1.08. The number of benzene rings is 2. The van der Waals surface area contributed by atoms with Crippen LogP contribution in [0.15, 0.2) is 54.6 Å². The van der Waals surface area contributed by atoms with Crippen LogP contribution in [0.3, 0.4) is 0 Å². The maximum absolute atomic E-state index is 2.44. The van der Waals surface area contributed by atoms with Crippen LogP contribution in [0.4, 0.5) is 0 Å². The second-order valence-corrected chi connectivity index (χ2v) is 4.82. The minimum absolute atomic E-state index is 0. The molecule has 0 saturated heterocycles. The largest absolute Gasteiger partial charge is 0.295 e. The molecule has 2 aromatic carbocycles. The number of likely N-dealkylation sites (N-methyl/N-ethyl adjacent to an activating group) is 1. The van der Waals surface area contributed by atoms with Crippen LogP contribution < -0.4 is 0 Å². The van der Waals surface area contributed by atoms with E-state index in [1.165, 1.54) is 16.7 Å². The van der Waals surface area contributed by atoms with Crippen LogP contribution in [0, 0.1) is 0 Å². The van der Waals surface area contributed by atoms with E-state index in [9.17, 15) is 0 Å². The van der Waals surface area contributed by atoms with Crippen LogP contribution in [0.25, 0.3) is 0 Å². The van der Waals surface area contributed by atoms with Crippen molar-refractivity contribution in [1.29, 1.82) is 0 Å². The zero-order valence-corrected chi connectivity index (χ0v) is 10.7. The van der Waals surface area contributed by atoms with E-state index in [1.54, 1.807) is 0 Å². The lowest BCUT2D eigenvalue weighted by Crippen LogP contribution is -2.18. The van der Waals surface area contributed by atoms with Crippen LogP contribution in [0.1, 0.15) is 22.7 Å². The normalized spacial score (nSPS) is 18.2. The molecule has 0 unspecified atom stereocenters. The van der Waals surface area contributed by atoms with E-state index >= 15 is 0 Å². The number of fused-ring (bicyclic) bond motifs is 1. The summed E-state index contributed by atoms with van der Waals surface area (Å²) < 4.78 is 0. The molecule has 0 N–H and O–H groups in total. The number of hydrogen-bond acceptors (Lipinski definition) is 1. The Morgan fingerprint density at radius 2 is 1.67 bits per heavy atom. The smallest absolute Gasteiger partial charge is 0.0392 e. The number of nitrogens with zero attached hydrogens (tertiary/aromatic N) is 1. The van der Waals surface area contributed by atoms with Gasteiger partial charge >= 0.3 is 0 Å². The van der Waals surface area contributed by atoms with Crippen LogP contribution >= 0.6 is 0 Å². The van der Waals surface area contributed by atoms with E-state index in [2.05, 4.69) is 66.5 Å². The Hall–Kier alpha value is -1.54. The zero-order valence-electron chi connectivity index (χ0n) is 10.7. The molecular formula is C16H17BN. The Morgan fingerprint density at radius 1 is 1.00 bits per heavy atom. The topological polar surface area (TPSA) is 3.24 Å². The number of rotatable bonds is 2. The molecule has 0 saturated carbocycles. The highest BCUT2D eigenvalue weighted by Gasteiger charge is 2.26. The van der Waals surface area contributed by atoms with Gasteiger partial charge in [0.25, 0.3) is 0 Å². The Labute approximate surface area is 111 Å². The first-order valence-electron chi connectivity index (χ1n) is 6.16. The lowest BCUT2D eigenvalue weighted by molar-refractivity contribution is 0.267. The second kappa shape index (κ2) is 5.41. The third-order valence-electron chi connectivity index (χ3n) is 3.64. The molecule has 1 heterocycles. The van der Waals surface area contributed by atoms with E-state index in [0.717, 1.165) is 13.0 Å². The third kappa shape index (κ3) is 2.34. The highest BCUT2D eigenvalue weighted by Crippen LogP contribution is 2.34. The van der Waals surface area contributed by atoms with Crippen molar-refractivity contribution in [2.45, 2.75) is 19.0 Å². The minimum Gasteiger partial charge on any atom is -0.295 e. The molecule has 3 radical (unpaired) electrons. The highest BCUT2D eigenvalue weighted by molar-refractivity contribution is 5.75. The first-order valence-corrected chi connectivity index (χ1v) is 6.16. The van der Waals surface area contributed by atoms with Crippen molar-refractivity contribution in [1.82, 2.24) is 4.90 Å². The molecule has 89 valence electrons. The Kier molecular flexibility index (Phi) is 3.88. The highest BCUT2D eigenvalue weighted by atomic mass is 15.1. The van der Waals surface area contributed by atoms with Gasteiger partial charge < -0.3 is 0 Å². The quantitative estimate of drug-likeness (QED) is 0.722. The minimum atomic E-state index is 0. The lowest BCUT2D eigenvalue weighted by atomic mass is 9.98. The SMILES string of the molecule is CN1Cc2ccccc2[C@@H]1Cc1ccccc1.[B]. The maximum atomic E-state index is 2.44. The van der Waals surface area contributed by atoms with Crippen LogP contribution in [0.5, 0.6) is 0 Å². The summed E-state index contributed by atoms with van der Waals surface area (Å²) in [5.74, 6) is 0. The molecule has 3 rings (SSSR count). The first-order chi connectivity index (χ1) is 8.34. The van der Waals surface area contributed by atoms with Gasteiger partial charge in [0.15, 0.2) is 0 Å². The van der Waals surface area contributed by atoms with Crippen molar-refractivity contribution < 1.29 is 0 Å². The van der Waals surface area contributed by atoms with Gasteiger partial charge in [0, 0.05) is 21.0 Å². The Morgan fingerprint density at radius 3 is 2.44 bits per heavy atom. The summed E-state index contributed by atoms with van der Waals surface area (Å²) in [4.78, 5) is 2.44. The molecule has 0 bridgehead atoms. The van der Waals surface area contributed by atoms with Gasteiger partial charge in [-0.15, -0.1) is 0 Å². The van der Waals surface area contributed by atoms with Gasteiger partial charge in [0.2, 0.25) is 0 Å². The maximum Gasteiger partial charge on any atom is 0.0392 e. The average molecular weight is 234 g/mol. The monoisotopic (exact) mass is 234 g/mol. The van der Waals surface area contributed by atoms with Crippen molar-refractivity contribution in [3.8, 4) is 0 Å². The van der Waals surface area contributed by atoms with Gasteiger partial charge in [-0.1, -0.05) is 54.6 Å². The molecule has 0 fully saturated rings. The fourth-order valence-corrected chi connectivity index (χ4v) is 2.72. The second-order valence-electron chi connectivity index (χ2n) is 4.82. The van der Waals surface area contributed by atoms with E-state index < -0.39 is 0 Å². The molecule has 1 atom stereocenters. The molecule has 0 amide bonds. The van der Waals surface area contributed by atoms with Crippen molar-refractivity contribution >= 4 is 8.41 Å². The fourth-order valence-electron chi connectivity index (χ4n) is 2.72. The molecule has 2 aromatic rings. The summed E-state index contributed by atoms with van der Waals surface area (Å²) in [6.07, 6.45) is 1.11. The standard InChI is InChI=1S/C16H17N.B/c1-17-12-14-9-5-6-10-15(14)16(17)11-13-7-3-2-4-8-13;/h2-10,16H,11-12H2,1H3;/t16-;/m0./s1. The van der Waals surface area contributed by atoms with Crippen LogP contribution in [-0.4, -0.2) is 20.4 Å². The van der Waals surface area contributed by atoms with Gasteiger partial charge in [-0.25, -0.2) is 0 Å². The van der Waals surface area contributed by atoms with Gasteiger partial charge in [-0.05, 0) is 30.2 Å². The predicted molar refractivity (Wildman–Crippen MR) is 76.6 cm³/mol. The summed E-state index contributed by atoms with van der Waals surface area (Å²) in [5.41, 5.74) is 4.40. The molecule has 0 spiro atoms. The lowest BCUT2D eigenvalue weighted by Gasteiger charge is -2.20. The van der Waals surface area contributed by atoms with Crippen molar-refractivity contribution in [2.24, 2.45) is 0 Å². The van der Waals surface area contributed by atoms with E-state index in [0.29, 0.717) is 6.04 Å². The summed E-state index contributed by atoms with van der Waals surface area (Å²) >= 11 is 0. The Bertz CT molecular complexity index is 510. The summed E-state index contributed by atoms with van der Waals surface area (Å²) in [6, 6.07) is 20.1. The van der Waals surface area contributed by atoms with Crippen molar-refractivity contribution in [3.63, 3.8) is 0 Å². The van der Waals surface area contributed by atoms with Crippen LogP contribution in [-0.2, 0) is 13.0 Å². The first kappa shape index (κ1) is 12.9. The zero-order chi connectivity index (χ0) is 11.7. The van der Waals surface area contributed by atoms with Gasteiger partial charge in [0.05, 0.1) is 0 Å². The molecule has 0 aromatic heterocycles. The third-order valence-corrected chi connectivity index (χ3v) is 3.64. The molecule has 1 aliphatic rings. The molecule has 18 heavy (non-hydrogen) atoms. The molecule has 1 nitrogen and oxygen atoms in total. The van der Waals surface area contributed by atoms with Crippen LogP contribution in [0.2, 0.25) is 0 Å².